The topological polar surface area (TPSA) is 85.9 Å². The van der Waals surface area contributed by atoms with Crippen molar-refractivity contribution in [3.63, 3.8) is 0 Å². The van der Waals surface area contributed by atoms with Crippen molar-refractivity contribution in [2.24, 2.45) is 0 Å². The van der Waals surface area contributed by atoms with E-state index in [2.05, 4.69) is 10.6 Å². The van der Waals surface area contributed by atoms with Gasteiger partial charge in [0.05, 0.1) is 37.8 Å². The van der Waals surface area contributed by atoms with Crippen molar-refractivity contribution < 1.29 is 23.8 Å². The Balaban J connectivity index is 1.88. The molecule has 2 amide bonds. The minimum absolute atomic E-state index is 0.289. The molecule has 0 bridgehead atoms. The highest BCUT2D eigenvalue weighted by molar-refractivity contribution is 6.08. The van der Waals surface area contributed by atoms with Crippen LogP contribution in [0.2, 0.25) is 0 Å². The van der Waals surface area contributed by atoms with Crippen molar-refractivity contribution in [2.45, 2.75) is 6.92 Å². The van der Waals surface area contributed by atoms with Gasteiger partial charge in [-0.1, -0.05) is 30.3 Å². The molecule has 160 valence electrons. The van der Waals surface area contributed by atoms with Gasteiger partial charge in [-0.05, 0) is 31.2 Å². The third kappa shape index (κ3) is 5.14. The summed E-state index contributed by atoms with van der Waals surface area (Å²) in [6.45, 7) is 2.29. The highest BCUT2D eigenvalue weighted by atomic mass is 16.5. The number of rotatable bonds is 8. The highest BCUT2D eigenvalue weighted by Gasteiger charge is 2.18. The monoisotopic (exact) mass is 420 g/mol. The van der Waals surface area contributed by atoms with E-state index in [1.54, 1.807) is 60.7 Å². The predicted molar refractivity (Wildman–Crippen MR) is 120 cm³/mol. The SMILES string of the molecule is CCOc1ccccc1C(=O)Nc1cc(OC)c(NC(=O)c2ccccc2)cc1OC. The van der Waals surface area contributed by atoms with E-state index in [1.165, 1.54) is 14.2 Å². The summed E-state index contributed by atoms with van der Waals surface area (Å²) in [6.07, 6.45) is 0. The summed E-state index contributed by atoms with van der Waals surface area (Å²) < 4.78 is 16.4. The molecule has 3 rings (SSSR count). The van der Waals surface area contributed by atoms with Gasteiger partial charge in [-0.25, -0.2) is 0 Å². The average molecular weight is 420 g/mol. The van der Waals surface area contributed by atoms with Crippen molar-refractivity contribution in [1.29, 1.82) is 0 Å². The van der Waals surface area contributed by atoms with Crippen molar-refractivity contribution in [1.82, 2.24) is 0 Å². The summed E-state index contributed by atoms with van der Waals surface area (Å²) >= 11 is 0. The van der Waals surface area contributed by atoms with Crippen molar-refractivity contribution in [3.8, 4) is 17.2 Å². The molecule has 0 spiro atoms. The first-order valence-electron chi connectivity index (χ1n) is 9.73. The zero-order chi connectivity index (χ0) is 22.2. The second kappa shape index (κ2) is 10.2. The lowest BCUT2D eigenvalue weighted by molar-refractivity contribution is 0.101. The fraction of sp³-hybridized carbons (Fsp3) is 0.167. The largest absolute Gasteiger partial charge is 0.494 e. The van der Waals surface area contributed by atoms with Crippen LogP contribution in [0.1, 0.15) is 27.6 Å². The van der Waals surface area contributed by atoms with Gasteiger partial charge in [0.2, 0.25) is 0 Å². The minimum atomic E-state index is -0.356. The van der Waals surface area contributed by atoms with Gasteiger partial charge in [-0.2, -0.15) is 0 Å². The van der Waals surface area contributed by atoms with E-state index in [9.17, 15) is 9.59 Å². The molecule has 0 atom stereocenters. The number of anilines is 2. The highest BCUT2D eigenvalue weighted by Crippen LogP contribution is 2.37. The van der Waals surface area contributed by atoms with E-state index in [1.807, 2.05) is 13.0 Å². The van der Waals surface area contributed by atoms with Crippen LogP contribution in [0.25, 0.3) is 0 Å². The van der Waals surface area contributed by atoms with Crippen LogP contribution >= 0.6 is 0 Å². The lowest BCUT2D eigenvalue weighted by Gasteiger charge is -2.17. The number of hydrogen-bond acceptors (Lipinski definition) is 5. The molecule has 0 aromatic heterocycles. The zero-order valence-electron chi connectivity index (χ0n) is 17.6. The molecule has 7 nitrogen and oxygen atoms in total. The number of carbonyl (C=O) groups excluding carboxylic acids is 2. The van der Waals surface area contributed by atoms with Crippen LogP contribution in [0.3, 0.4) is 0 Å². The van der Waals surface area contributed by atoms with Gasteiger partial charge in [0.1, 0.15) is 17.2 Å². The van der Waals surface area contributed by atoms with Gasteiger partial charge < -0.3 is 24.8 Å². The van der Waals surface area contributed by atoms with Gasteiger partial charge >= 0.3 is 0 Å². The molecule has 0 aliphatic heterocycles. The van der Waals surface area contributed by atoms with Crippen molar-refractivity contribution >= 4 is 23.2 Å². The Morgan fingerprint density at radius 3 is 1.87 bits per heavy atom. The number of carbonyl (C=O) groups is 2. The lowest BCUT2D eigenvalue weighted by Crippen LogP contribution is -2.16. The summed E-state index contributed by atoms with van der Waals surface area (Å²) in [4.78, 5) is 25.4. The molecular formula is C24H24N2O5. The van der Waals surface area contributed by atoms with Crippen molar-refractivity contribution in [3.05, 3.63) is 77.9 Å². The molecule has 2 N–H and O–H groups in total. The van der Waals surface area contributed by atoms with E-state index < -0.39 is 0 Å². The van der Waals surface area contributed by atoms with Gasteiger partial charge in [-0.15, -0.1) is 0 Å². The number of hydrogen-bond donors (Lipinski definition) is 2. The summed E-state index contributed by atoms with van der Waals surface area (Å²) in [5.41, 5.74) is 1.72. The third-order valence-corrected chi connectivity index (χ3v) is 4.49. The molecule has 0 aliphatic rings. The summed E-state index contributed by atoms with van der Waals surface area (Å²) in [5, 5.41) is 5.64. The first-order chi connectivity index (χ1) is 15.1. The molecule has 0 unspecified atom stereocenters. The van der Waals surface area contributed by atoms with Crippen molar-refractivity contribution in [2.75, 3.05) is 31.5 Å². The van der Waals surface area contributed by atoms with E-state index >= 15 is 0 Å². The maximum Gasteiger partial charge on any atom is 0.259 e. The second-order valence-corrected chi connectivity index (χ2v) is 6.46. The number of amides is 2. The molecule has 31 heavy (non-hydrogen) atoms. The average Bonchev–Trinajstić information content (AvgIpc) is 2.80. The summed E-state index contributed by atoms with van der Waals surface area (Å²) in [5.74, 6) is 0.582. The third-order valence-electron chi connectivity index (χ3n) is 4.49. The number of ether oxygens (including phenoxy) is 3. The fourth-order valence-electron chi connectivity index (χ4n) is 3.00. The van der Waals surface area contributed by atoms with E-state index in [-0.39, 0.29) is 11.8 Å². The number of benzene rings is 3. The Hall–Kier alpha value is -4.00. The maximum atomic E-state index is 12.9. The minimum Gasteiger partial charge on any atom is -0.494 e. The molecule has 3 aromatic rings. The first-order valence-corrected chi connectivity index (χ1v) is 9.73. The molecule has 0 aliphatic carbocycles. The standard InChI is InChI=1S/C24H24N2O5/c1-4-31-20-13-9-8-12-17(20)24(28)26-19-15-21(29-2)18(14-22(19)30-3)25-23(27)16-10-6-5-7-11-16/h5-15H,4H2,1-3H3,(H,25,27)(H,26,28). The number of para-hydroxylation sites is 1. The van der Waals surface area contributed by atoms with Crippen LogP contribution in [0, 0.1) is 0 Å². The quantitative estimate of drug-likeness (QED) is 0.556. The van der Waals surface area contributed by atoms with Crippen LogP contribution < -0.4 is 24.8 Å². The van der Waals surface area contributed by atoms with Crippen LogP contribution in [0.15, 0.2) is 66.7 Å². The number of methoxy groups -OCH3 is 2. The van der Waals surface area contributed by atoms with Crippen LogP contribution in [0.4, 0.5) is 11.4 Å². The van der Waals surface area contributed by atoms with Gasteiger partial charge in [0.25, 0.3) is 11.8 Å². The zero-order valence-corrected chi connectivity index (χ0v) is 17.6. The van der Waals surface area contributed by atoms with Gasteiger partial charge in [0, 0.05) is 17.7 Å². The molecule has 3 aromatic carbocycles. The van der Waals surface area contributed by atoms with Gasteiger partial charge in [-0.3, -0.25) is 9.59 Å². The summed E-state index contributed by atoms with van der Waals surface area (Å²) in [7, 11) is 2.96. The molecule has 7 heteroatoms. The molecule has 0 saturated carbocycles. The Morgan fingerprint density at radius 1 is 0.742 bits per heavy atom. The maximum absolute atomic E-state index is 12.9. The van der Waals surface area contributed by atoms with E-state index in [4.69, 9.17) is 14.2 Å². The fourth-order valence-corrected chi connectivity index (χ4v) is 3.00. The predicted octanol–water partition coefficient (Wildman–Crippen LogP) is 4.61. The molecule has 0 fully saturated rings. The first kappa shape index (κ1) is 21.7. The molecule has 0 radical (unpaired) electrons. The van der Waals surface area contributed by atoms with Crippen LogP contribution in [-0.4, -0.2) is 32.6 Å². The molecule has 0 saturated heterocycles. The Kier molecular flexibility index (Phi) is 7.11. The van der Waals surface area contributed by atoms with Crippen LogP contribution in [-0.2, 0) is 0 Å². The van der Waals surface area contributed by atoms with E-state index in [0.717, 1.165) is 0 Å². The van der Waals surface area contributed by atoms with Gasteiger partial charge in [0.15, 0.2) is 0 Å². The second-order valence-electron chi connectivity index (χ2n) is 6.46. The number of nitrogens with one attached hydrogen (secondary N) is 2. The van der Waals surface area contributed by atoms with E-state index in [0.29, 0.717) is 46.4 Å². The lowest BCUT2D eigenvalue weighted by atomic mass is 10.1. The summed E-state index contributed by atoms with van der Waals surface area (Å²) in [6, 6.07) is 19.0. The molecule has 0 heterocycles. The molecular weight excluding hydrogens is 396 g/mol. The Morgan fingerprint density at radius 2 is 1.29 bits per heavy atom. The Bertz CT molecular complexity index is 1070. The smallest absolute Gasteiger partial charge is 0.259 e. The normalized spacial score (nSPS) is 10.2. The van der Waals surface area contributed by atoms with Crippen LogP contribution in [0.5, 0.6) is 17.2 Å². The Labute approximate surface area is 180 Å².